The van der Waals surface area contributed by atoms with Gasteiger partial charge in [0, 0.05) is 12.6 Å². The molecule has 4 nitrogen and oxygen atoms in total. The molecule has 1 unspecified atom stereocenters. The van der Waals surface area contributed by atoms with Crippen LogP contribution < -0.4 is 11.1 Å². The van der Waals surface area contributed by atoms with Crippen molar-refractivity contribution >= 4 is 5.91 Å². The van der Waals surface area contributed by atoms with E-state index in [-0.39, 0.29) is 5.91 Å². The van der Waals surface area contributed by atoms with Crippen LogP contribution >= 0.6 is 0 Å². The number of nitrogens with zero attached hydrogens (tertiary/aromatic N) is 1. The Labute approximate surface area is 93.2 Å². The summed E-state index contributed by atoms with van der Waals surface area (Å²) in [6.07, 6.45) is 1.08. The summed E-state index contributed by atoms with van der Waals surface area (Å²) in [6.45, 7) is 6.74. The first-order valence-corrected chi connectivity index (χ1v) is 5.54. The van der Waals surface area contributed by atoms with E-state index < -0.39 is 6.04 Å². The number of likely N-dealkylation sites (N-methyl/N-ethyl adjacent to an activating group) is 1. The van der Waals surface area contributed by atoms with Gasteiger partial charge in [-0.05, 0) is 33.4 Å². The number of hydrogen-bond donors (Lipinski definition) is 2. The second-order valence-electron chi connectivity index (χ2n) is 4.78. The lowest BCUT2D eigenvalue weighted by Crippen LogP contribution is -2.45. The van der Waals surface area contributed by atoms with Crippen LogP contribution in [0.25, 0.3) is 0 Å². The molecule has 3 N–H and O–H groups in total. The van der Waals surface area contributed by atoms with E-state index in [2.05, 4.69) is 24.1 Å². The average molecular weight is 215 g/mol. The first-order valence-electron chi connectivity index (χ1n) is 5.54. The molecular weight excluding hydrogens is 190 g/mol. The molecule has 0 spiro atoms. The number of nitrogens with one attached hydrogen (secondary N) is 1. The Morgan fingerprint density at radius 1 is 1.33 bits per heavy atom. The first kappa shape index (κ1) is 14.4. The fourth-order valence-corrected chi connectivity index (χ4v) is 1.40. The molecule has 0 bridgehead atoms. The fraction of sp³-hybridized carbons (Fsp3) is 0.909. The Balaban J connectivity index is 4.02. The van der Waals surface area contributed by atoms with E-state index in [1.165, 1.54) is 0 Å². The van der Waals surface area contributed by atoms with E-state index in [0.717, 1.165) is 6.42 Å². The minimum Gasteiger partial charge on any atom is -0.353 e. The lowest BCUT2D eigenvalue weighted by molar-refractivity contribution is -0.122. The van der Waals surface area contributed by atoms with Gasteiger partial charge in [0.25, 0.3) is 0 Å². The minimum atomic E-state index is -0.424. The van der Waals surface area contributed by atoms with Crippen molar-refractivity contribution in [3.63, 3.8) is 0 Å². The van der Waals surface area contributed by atoms with Gasteiger partial charge in [-0.25, -0.2) is 0 Å². The third kappa shape index (κ3) is 6.47. The van der Waals surface area contributed by atoms with Crippen molar-refractivity contribution in [2.45, 2.75) is 39.3 Å². The maximum absolute atomic E-state index is 11.3. The minimum absolute atomic E-state index is 0.0781. The molecule has 0 rings (SSSR count). The third-order valence-corrected chi connectivity index (χ3v) is 2.40. The summed E-state index contributed by atoms with van der Waals surface area (Å²) in [7, 11) is 4.07. The highest BCUT2D eigenvalue weighted by Crippen LogP contribution is 2.07. The molecule has 0 aliphatic carbocycles. The van der Waals surface area contributed by atoms with Crippen LogP contribution in [-0.4, -0.2) is 43.5 Å². The van der Waals surface area contributed by atoms with Crippen LogP contribution in [0.2, 0.25) is 0 Å². The van der Waals surface area contributed by atoms with E-state index in [1.54, 1.807) is 6.92 Å². The summed E-state index contributed by atoms with van der Waals surface area (Å²) in [5.41, 5.74) is 5.47. The quantitative estimate of drug-likeness (QED) is 0.675. The molecule has 90 valence electrons. The van der Waals surface area contributed by atoms with Gasteiger partial charge in [-0.1, -0.05) is 13.8 Å². The summed E-state index contributed by atoms with van der Waals surface area (Å²) in [5, 5.41) is 2.86. The van der Waals surface area contributed by atoms with Gasteiger partial charge in [-0.15, -0.1) is 0 Å². The van der Waals surface area contributed by atoms with Gasteiger partial charge in [0.2, 0.25) is 5.91 Å². The van der Waals surface area contributed by atoms with Gasteiger partial charge >= 0.3 is 0 Å². The molecule has 0 aromatic rings. The van der Waals surface area contributed by atoms with E-state index in [1.807, 2.05) is 14.1 Å². The lowest BCUT2D eigenvalue weighted by Gasteiger charge is -2.26. The number of carbonyl (C=O) groups excluding carboxylic acids is 1. The maximum atomic E-state index is 11.3. The van der Waals surface area contributed by atoms with Gasteiger partial charge in [0.05, 0.1) is 6.04 Å². The molecular formula is C11H25N3O. The molecule has 0 aromatic heterocycles. The SMILES string of the molecule is CC(C)CC(CNC(=O)[C@@H](C)N)N(C)C. The molecule has 2 atom stereocenters. The van der Waals surface area contributed by atoms with Crippen molar-refractivity contribution in [1.82, 2.24) is 10.2 Å². The summed E-state index contributed by atoms with van der Waals surface area (Å²) < 4.78 is 0. The lowest BCUT2D eigenvalue weighted by atomic mass is 10.0. The van der Waals surface area contributed by atoms with Gasteiger partial charge in [0.15, 0.2) is 0 Å². The zero-order chi connectivity index (χ0) is 12.0. The third-order valence-electron chi connectivity index (χ3n) is 2.40. The first-order chi connectivity index (χ1) is 6.84. The predicted octanol–water partition coefficient (Wildman–Crippen LogP) is 0.426. The van der Waals surface area contributed by atoms with Crippen LogP contribution in [0.3, 0.4) is 0 Å². The molecule has 0 saturated heterocycles. The standard InChI is InChI=1S/C11H25N3O/c1-8(2)6-10(14(4)5)7-13-11(15)9(3)12/h8-10H,6-7,12H2,1-5H3,(H,13,15)/t9-,10?/m1/s1. The normalized spacial score (nSPS) is 15.5. The van der Waals surface area contributed by atoms with Crippen LogP contribution in [0.5, 0.6) is 0 Å². The van der Waals surface area contributed by atoms with Crippen LogP contribution in [0.1, 0.15) is 27.2 Å². The Morgan fingerprint density at radius 2 is 1.87 bits per heavy atom. The van der Waals surface area contributed by atoms with E-state index in [4.69, 9.17) is 5.73 Å². The van der Waals surface area contributed by atoms with Crippen molar-refractivity contribution in [2.75, 3.05) is 20.6 Å². The smallest absolute Gasteiger partial charge is 0.236 e. The van der Waals surface area contributed by atoms with Crippen LogP contribution in [0, 0.1) is 5.92 Å². The Morgan fingerprint density at radius 3 is 2.20 bits per heavy atom. The maximum Gasteiger partial charge on any atom is 0.236 e. The molecule has 0 fully saturated rings. The summed E-state index contributed by atoms with van der Waals surface area (Å²) in [4.78, 5) is 13.4. The second kappa shape index (κ2) is 6.80. The molecule has 15 heavy (non-hydrogen) atoms. The van der Waals surface area contributed by atoms with Crippen LogP contribution in [-0.2, 0) is 4.79 Å². The molecule has 0 saturated carbocycles. The fourth-order valence-electron chi connectivity index (χ4n) is 1.40. The summed E-state index contributed by atoms with van der Waals surface area (Å²) >= 11 is 0. The Hall–Kier alpha value is -0.610. The number of carbonyl (C=O) groups is 1. The van der Waals surface area contributed by atoms with Gasteiger partial charge < -0.3 is 16.0 Å². The van der Waals surface area contributed by atoms with Crippen LogP contribution in [0.15, 0.2) is 0 Å². The van der Waals surface area contributed by atoms with E-state index in [9.17, 15) is 4.79 Å². The van der Waals surface area contributed by atoms with Gasteiger partial charge in [-0.2, -0.15) is 0 Å². The topological polar surface area (TPSA) is 58.4 Å². The summed E-state index contributed by atoms with van der Waals surface area (Å²) in [6, 6.07) is -0.0421. The second-order valence-corrected chi connectivity index (χ2v) is 4.78. The van der Waals surface area contributed by atoms with Crippen molar-refractivity contribution in [3.05, 3.63) is 0 Å². The molecule has 0 aromatic carbocycles. The van der Waals surface area contributed by atoms with Crippen LogP contribution in [0.4, 0.5) is 0 Å². The van der Waals surface area contributed by atoms with E-state index in [0.29, 0.717) is 18.5 Å². The Kier molecular flexibility index (Phi) is 6.52. The zero-order valence-electron chi connectivity index (χ0n) is 10.6. The zero-order valence-corrected chi connectivity index (χ0v) is 10.6. The average Bonchev–Trinajstić information content (AvgIpc) is 2.10. The number of nitrogens with two attached hydrogens (primary N) is 1. The van der Waals surface area contributed by atoms with Crippen molar-refractivity contribution in [1.29, 1.82) is 0 Å². The largest absolute Gasteiger partial charge is 0.353 e. The molecule has 1 amide bonds. The number of hydrogen-bond acceptors (Lipinski definition) is 3. The van der Waals surface area contributed by atoms with Crippen molar-refractivity contribution in [2.24, 2.45) is 11.7 Å². The highest BCUT2D eigenvalue weighted by Gasteiger charge is 2.15. The molecule has 0 aliphatic rings. The monoisotopic (exact) mass is 215 g/mol. The number of rotatable bonds is 6. The predicted molar refractivity (Wildman–Crippen MR) is 63.6 cm³/mol. The van der Waals surface area contributed by atoms with Crippen molar-refractivity contribution < 1.29 is 4.79 Å². The molecule has 0 aliphatic heterocycles. The van der Waals surface area contributed by atoms with Gasteiger partial charge in [0.1, 0.15) is 0 Å². The molecule has 4 heteroatoms. The molecule has 0 radical (unpaired) electrons. The van der Waals surface area contributed by atoms with Gasteiger partial charge in [-0.3, -0.25) is 4.79 Å². The molecule has 0 heterocycles. The Bertz CT molecular complexity index is 190. The highest BCUT2D eigenvalue weighted by molar-refractivity contribution is 5.80. The highest BCUT2D eigenvalue weighted by atomic mass is 16.2. The van der Waals surface area contributed by atoms with E-state index >= 15 is 0 Å². The van der Waals surface area contributed by atoms with Crippen molar-refractivity contribution in [3.8, 4) is 0 Å². The number of amides is 1. The summed E-state index contributed by atoms with van der Waals surface area (Å²) in [5.74, 6) is 0.551.